The second-order valence-corrected chi connectivity index (χ2v) is 6.25. The molecule has 0 amide bonds. The van der Waals surface area contributed by atoms with Gasteiger partial charge in [-0.2, -0.15) is 0 Å². The van der Waals surface area contributed by atoms with Crippen molar-refractivity contribution in [2.24, 2.45) is 11.7 Å². The number of hydrogen-bond acceptors (Lipinski definition) is 3. The standard InChI is InChI=1S/C17H26N2O/c1-3-19(11-12-5-4-6-12)16-9-13-7-8-14(20-2)10-15(13)17(16)18/h7-8,10,12,16-17H,3-6,9,11,18H2,1-2H3. The monoisotopic (exact) mass is 274 g/mol. The highest BCUT2D eigenvalue weighted by Gasteiger charge is 2.35. The van der Waals surface area contributed by atoms with Crippen LogP contribution in [-0.4, -0.2) is 31.1 Å². The summed E-state index contributed by atoms with van der Waals surface area (Å²) in [4.78, 5) is 2.60. The number of likely N-dealkylation sites (N-methyl/N-ethyl adjacent to an activating group) is 1. The molecule has 1 fully saturated rings. The number of benzene rings is 1. The van der Waals surface area contributed by atoms with Gasteiger partial charge in [0.1, 0.15) is 5.75 Å². The summed E-state index contributed by atoms with van der Waals surface area (Å²) in [6.07, 6.45) is 5.30. The molecule has 1 saturated carbocycles. The first-order valence-electron chi connectivity index (χ1n) is 7.89. The van der Waals surface area contributed by atoms with Crippen LogP contribution >= 0.6 is 0 Å². The van der Waals surface area contributed by atoms with E-state index in [1.807, 2.05) is 0 Å². The van der Waals surface area contributed by atoms with Crippen LogP contribution < -0.4 is 10.5 Å². The molecule has 2 aliphatic carbocycles. The lowest BCUT2D eigenvalue weighted by Gasteiger charge is -2.36. The lowest BCUT2D eigenvalue weighted by Crippen LogP contribution is -2.44. The van der Waals surface area contributed by atoms with Crippen LogP contribution in [0.4, 0.5) is 0 Å². The number of ether oxygens (including phenoxy) is 1. The van der Waals surface area contributed by atoms with Gasteiger partial charge in [-0.15, -0.1) is 0 Å². The lowest BCUT2D eigenvalue weighted by molar-refractivity contribution is 0.128. The predicted octanol–water partition coefficient (Wildman–Crippen LogP) is 2.74. The summed E-state index contributed by atoms with van der Waals surface area (Å²) in [7, 11) is 1.72. The summed E-state index contributed by atoms with van der Waals surface area (Å²) in [6, 6.07) is 6.95. The first kappa shape index (κ1) is 13.9. The van der Waals surface area contributed by atoms with E-state index in [0.29, 0.717) is 6.04 Å². The molecular formula is C17H26N2O. The highest BCUT2D eigenvalue weighted by Crippen LogP contribution is 2.36. The van der Waals surface area contributed by atoms with E-state index >= 15 is 0 Å². The summed E-state index contributed by atoms with van der Waals surface area (Å²) < 4.78 is 5.33. The molecule has 0 aromatic heterocycles. The molecular weight excluding hydrogens is 248 g/mol. The number of fused-ring (bicyclic) bond motifs is 1. The molecule has 0 saturated heterocycles. The molecule has 2 aliphatic rings. The van der Waals surface area contributed by atoms with E-state index in [1.165, 1.54) is 36.9 Å². The maximum atomic E-state index is 6.53. The Bertz CT molecular complexity index is 470. The number of methoxy groups -OCH3 is 1. The fraction of sp³-hybridized carbons (Fsp3) is 0.647. The van der Waals surface area contributed by atoms with E-state index in [4.69, 9.17) is 10.5 Å². The van der Waals surface area contributed by atoms with Gasteiger partial charge >= 0.3 is 0 Å². The van der Waals surface area contributed by atoms with Crippen LogP contribution in [0.1, 0.15) is 43.4 Å². The molecule has 3 rings (SSSR count). The molecule has 1 aromatic rings. The first-order chi connectivity index (χ1) is 9.72. The number of hydrogen-bond donors (Lipinski definition) is 1. The molecule has 2 atom stereocenters. The largest absolute Gasteiger partial charge is 0.497 e. The van der Waals surface area contributed by atoms with Crippen LogP contribution in [0, 0.1) is 5.92 Å². The highest BCUT2D eigenvalue weighted by molar-refractivity contribution is 5.42. The Hall–Kier alpha value is -1.06. The van der Waals surface area contributed by atoms with E-state index < -0.39 is 0 Å². The van der Waals surface area contributed by atoms with Gasteiger partial charge in [-0.3, -0.25) is 4.90 Å². The Morgan fingerprint density at radius 2 is 2.15 bits per heavy atom. The second-order valence-electron chi connectivity index (χ2n) is 6.25. The minimum absolute atomic E-state index is 0.125. The van der Waals surface area contributed by atoms with E-state index in [1.54, 1.807) is 7.11 Å². The summed E-state index contributed by atoms with van der Waals surface area (Å²) in [5.41, 5.74) is 9.21. The minimum atomic E-state index is 0.125. The molecule has 2 N–H and O–H groups in total. The zero-order chi connectivity index (χ0) is 14.1. The van der Waals surface area contributed by atoms with Gasteiger partial charge in [0, 0.05) is 18.6 Å². The van der Waals surface area contributed by atoms with E-state index in [-0.39, 0.29) is 6.04 Å². The second kappa shape index (κ2) is 5.74. The third kappa shape index (κ3) is 2.45. The highest BCUT2D eigenvalue weighted by atomic mass is 16.5. The van der Waals surface area contributed by atoms with Crippen LogP contribution in [0.15, 0.2) is 18.2 Å². The SMILES string of the molecule is CCN(CC1CCC1)C1Cc2ccc(OC)cc2C1N. The van der Waals surface area contributed by atoms with Crippen molar-refractivity contribution >= 4 is 0 Å². The zero-order valence-corrected chi connectivity index (χ0v) is 12.6. The summed E-state index contributed by atoms with van der Waals surface area (Å²) in [6.45, 7) is 4.58. The molecule has 110 valence electrons. The van der Waals surface area contributed by atoms with E-state index in [0.717, 1.165) is 24.6 Å². The Labute approximate surface area is 122 Å². The number of nitrogens with two attached hydrogens (primary N) is 1. The Morgan fingerprint density at radius 1 is 1.35 bits per heavy atom. The molecule has 20 heavy (non-hydrogen) atoms. The van der Waals surface area contributed by atoms with Gasteiger partial charge in [0.25, 0.3) is 0 Å². The average molecular weight is 274 g/mol. The van der Waals surface area contributed by atoms with Crippen molar-refractivity contribution in [3.8, 4) is 5.75 Å². The first-order valence-corrected chi connectivity index (χ1v) is 7.89. The van der Waals surface area contributed by atoms with Crippen LogP contribution in [-0.2, 0) is 6.42 Å². The molecule has 1 aromatic carbocycles. The fourth-order valence-electron chi connectivity index (χ4n) is 3.62. The minimum Gasteiger partial charge on any atom is -0.497 e. The van der Waals surface area contributed by atoms with Gasteiger partial charge in [-0.1, -0.05) is 19.4 Å². The van der Waals surface area contributed by atoms with Crippen molar-refractivity contribution in [2.45, 2.75) is 44.7 Å². The normalized spacial score (nSPS) is 25.6. The smallest absolute Gasteiger partial charge is 0.119 e. The molecule has 3 heteroatoms. The lowest BCUT2D eigenvalue weighted by atomic mass is 9.84. The Morgan fingerprint density at radius 3 is 2.75 bits per heavy atom. The summed E-state index contributed by atoms with van der Waals surface area (Å²) >= 11 is 0. The number of rotatable bonds is 5. The van der Waals surface area contributed by atoms with Crippen molar-refractivity contribution in [2.75, 3.05) is 20.2 Å². The van der Waals surface area contributed by atoms with Crippen molar-refractivity contribution in [3.05, 3.63) is 29.3 Å². The van der Waals surface area contributed by atoms with Gasteiger partial charge in [0.2, 0.25) is 0 Å². The van der Waals surface area contributed by atoms with Crippen molar-refractivity contribution in [3.63, 3.8) is 0 Å². The van der Waals surface area contributed by atoms with Crippen LogP contribution in [0.3, 0.4) is 0 Å². The van der Waals surface area contributed by atoms with E-state index in [9.17, 15) is 0 Å². The molecule has 0 spiro atoms. The van der Waals surface area contributed by atoms with E-state index in [2.05, 4.69) is 30.0 Å². The summed E-state index contributed by atoms with van der Waals surface area (Å²) in [5.74, 6) is 1.82. The van der Waals surface area contributed by atoms with Crippen LogP contribution in [0.5, 0.6) is 5.75 Å². The van der Waals surface area contributed by atoms with Crippen molar-refractivity contribution in [1.82, 2.24) is 4.90 Å². The van der Waals surface area contributed by atoms with Gasteiger partial charge in [-0.05, 0) is 55.0 Å². The molecule has 0 heterocycles. The molecule has 2 unspecified atom stereocenters. The maximum Gasteiger partial charge on any atom is 0.119 e. The van der Waals surface area contributed by atoms with Crippen molar-refractivity contribution in [1.29, 1.82) is 0 Å². The quantitative estimate of drug-likeness (QED) is 0.897. The van der Waals surface area contributed by atoms with Gasteiger partial charge in [0.05, 0.1) is 7.11 Å². The third-order valence-electron chi connectivity index (χ3n) is 5.15. The topological polar surface area (TPSA) is 38.5 Å². The maximum absolute atomic E-state index is 6.53. The van der Waals surface area contributed by atoms with Crippen molar-refractivity contribution < 1.29 is 4.74 Å². The molecule has 0 aliphatic heterocycles. The molecule has 3 nitrogen and oxygen atoms in total. The summed E-state index contributed by atoms with van der Waals surface area (Å²) in [5, 5.41) is 0. The molecule has 0 radical (unpaired) electrons. The predicted molar refractivity (Wildman–Crippen MR) is 82.0 cm³/mol. The Kier molecular flexibility index (Phi) is 3.99. The average Bonchev–Trinajstić information content (AvgIpc) is 2.75. The zero-order valence-electron chi connectivity index (χ0n) is 12.6. The molecule has 0 bridgehead atoms. The van der Waals surface area contributed by atoms with Gasteiger partial charge in [0.15, 0.2) is 0 Å². The van der Waals surface area contributed by atoms with Crippen LogP contribution in [0.2, 0.25) is 0 Å². The van der Waals surface area contributed by atoms with Crippen LogP contribution in [0.25, 0.3) is 0 Å². The Balaban J connectivity index is 1.75. The number of nitrogens with zero attached hydrogens (tertiary/aromatic N) is 1. The van der Waals surface area contributed by atoms with Gasteiger partial charge < -0.3 is 10.5 Å². The fourth-order valence-corrected chi connectivity index (χ4v) is 3.62. The van der Waals surface area contributed by atoms with Gasteiger partial charge in [-0.25, -0.2) is 0 Å². The third-order valence-corrected chi connectivity index (χ3v) is 5.15.